The summed E-state index contributed by atoms with van der Waals surface area (Å²) in [5, 5.41) is 0. The Morgan fingerprint density at radius 3 is 1.58 bits per heavy atom. The van der Waals surface area contributed by atoms with E-state index in [1.165, 1.54) is 26.5 Å². The van der Waals surface area contributed by atoms with Crippen molar-refractivity contribution in [1.29, 1.82) is 0 Å². The second kappa shape index (κ2) is 7.73. The summed E-state index contributed by atoms with van der Waals surface area (Å²) >= 11 is 5.88. The molecule has 120 valence electrons. The summed E-state index contributed by atoms with van der Waals surface area (Å²) in [4.78, 5) is 2.62. The highest BCUT2D eigenvalue weighted by molar-refractivity contribution is 8.15. The topological polar surface area (TPSA) is 0 Å². The van der Waals surface area contributed by atoms with Crippen molar-refractivity contribution in [2.24, 2.45) is 0 Å². The van der Waals surface area contributed by atoms with Gasteiger partial charge in [0.1, 0.15) is 0 Å². The molecule has 0 saturated heterocycles. The van der Waals surface area contributed by atoms with Gasteiger partial charge in [0.05, 0.1) is 4.58 Å². The van der Waals surface area contributed by atoms with Gasteiger partial charge in [0.2, 0.25) is 0 Å². The second-order valence-electron chi connectivity index (χ2n) is 5.75. The zero-order valence-corrected chi connectivity index (χ0v) is 15.7. The Morgan fingerprint density at radius 2 is 1.08 bits per heavy atom. The van der Waals surface area contributed by atoms with Crippen LogP contribution in [0, 0.1) is 0 Å². The number of hydrogen-bond donors (Lipinski definition) is 0. The average molecular weight is 367 g/mol. The normalized spacial score (nSPS) is 15.3. The lowest BCUT2D eigenvalue weighted by Crippen LogP contribution is -1.93. The van der Waals surface area contributed by atoms with Crippen LogP contribution < -0.4 is 0 Å². The summed E-state index contributed by atoms with van der Waals surface area (Å²) in [6.45, 7) is 0. The lowest BCUT2D eigenvalue weighted by molar-refractivity contribution is 1.28. The van der Waals surface area contributed by atoms with Crippen LogP contribution >= 0.6 is 35.3 Å². The molecule has 4 aliphatic rings. The maximum Gasteiger partial charge on any atom is 0.0757 e. The van der Waals surface area contributed by atoms with Gasteiger partial charge in [0, 0.05) is 21.3 Å². The Bertz CT molecular complexity index is 730. The molecule has 3 heteroatoms. The van der Waals surface area contributed by atoms with Crippen LogP contribution in [0.1, 0.15) is 21.3 Å². The number of rotatable bonds is 1. The summed E-state index contributed by atoms with van der Waals surface area (Å²) in [5.41, 5.74) is 4.21. The van der Waals surface area contributed by atoms with Gasteiger partial charge >= 0.3 is 0 Å². The predicted octanol–water partition coefficient (Wildman–Crippen LogP) is 7.02. The molecule has 0 nitrogen and oxygen atoms in total. The van der Waals surface area contributed by atoms with E-state index in [9.17, 15) is 0 Å². The lowest BCUT2D eigenvalue weighted by atomic mass is 10.2. The minimum absolute atomic E-state index is 0.461. The second-order valence-corrected chi connectivity index (χ2v) is 9.39. The Kier molecular flexibility index (Phi) is 5.21. The van der Waals surface area contributed by atoms with Crippen LogP contribution in [0.5, 0.6) is 0 Å². The maximum absolute atomic E-state index is 2.27. The van der Waals surface area contributed by atoms with Gasteiger partial charge in [-0.3, -0.25) is 0 Å². The van der Waals surface area contributed by atoms with Crippen LogP contribution in [0.2, 0.25) is 0 Å². The van der Waals surface area contributed by atoms with Crippen LogP contribution in [0.3, 0.4) is 0 Å². The quantitative estimate of drug-likeness (QED) is 0.454. The van der Waals surface area contributed by atoms with E-state index < -0.39 is 0 Å². The van der Waals surface area contributed by atoms with Gasteiger partial charge in [0.15, 0.2) is 0 Å². The standard InChI is InChI=1S/C21H18S3/c1-2-4-18(5-3-1)21-22-14-16-6-10-19(11-7-16)24-20-12-8-17(9-13-20)15-23-21/h1-13,21H,14-15H2. The zero-order valence-electron chi connectivity index (χ0n) is 13.2. The van der Waals surface area contributed by atoms with Crippen LogP contribution in [0.4, 0.5) is 0 Å². The fraction of sp³-hybridized carbons (Fsp3) is 0.143. The van der Waals surface area contributed by atoms with Crippen molar-refractivity contribution < 1.29 is 0 Å². The first-order chi connectivity index (χ1) is 11.9. The molecular weight excluding hydrogens is 348 g/mol. The van der Waals surface area contributed by atoms with Gasteiger partial charge in [0.25, 0.3) is 0 Å². The lowest BCUT2D eigenvalue weighted by Gasteiger charge is -2.18. The van der Waals surface area contributed by atoms with Gasteiger partial charge < -0.3 is 0 Å². The average Bonchev–Trinajstić information content (AvgIpc) is 2.65. The first-order valence-corrected chi connectivity index (χ1v) is 10.9. The molecule has 0 fully saturated rings. The molecule has 0 aliphatic carbocycles. The van der Waals surface area contributed by atoms with Crippen molar-refractivity contribution >= 4 is 35.3 Å². The van der Waals surface area contributed by atoms with Crippen molar-refractivity contribution in [3.05, 3.63) is 95.6 Å². The number of hydrogen-bond acceptors (Lipinski definition) is 3. The predicted molar refractivity (Wildman–Crippen MR) is 109 cm³/mol. The van der Waals surface area contributed by atoms with Gasteiger partial charge in [-0.15, -0.1) is 23.5 Å². The summed E-state index contributed by atoms with van der Waals surface area (Å²) in [6, 6.07) is 28.9. The van der Waals surface area contributed by atoms with E-state index in [2.05, 4.69) is 78.9 Å². The molecule has 0 N–H and O–H groups in total. The fourth-order valence-corrected chi connectivity index (χ4v) is 6.02. The Morgan fingerprint density at radius 1 is 0.583 bits per heavy atom. The fourth-order valence-electron chi connectivity index (χ4n) is 2.64. The van der Waals surface area contributed by atoms with E-state index in [1.807, 2.05) is 35.3 Å². The summed E-state index contributed by atoms with van der Waals surface area (Å²) < 4.78 is 0.461. The van der Waals surface area contributed by atoms with Crippen LogP contribution in [-0.4, -0.2) is 0 Å². The van der Waals surface area contributed by atoms with E-state index in [4.69, 9.17) is 0 Å². The van der Waals surface area contributed by atoms with Crippen molar-refractivity contribution in [2.75, 3.05) is 0 Å². The third kappa shape index (κ3) is 4.02. The minimum Gasteiger partial charge on any atom is -0.138 e. The number of thioether (sulfide) groups is 2. The van der Waals surface area contributed by atoms with Gasteiger partial charge in [-0.25, -0.2) is 0 Å². The van der Waals surface area contributed by atoms with Crippen molar-refractivity contribution in [3.63, 3.8) is 0 Å². The number of benzene rings is 3. The molecular formula is C21H18S3. The molecule has 4 bridgehead atoms. The largest absolute Gasteiger partial charge is 0.138 e. The SMILES string of the molecule is c1ccc(C2SCc3ccc(cc3)Sc3ccc(cc3)CS2)cc1. The summed E-state index contributed by atoms with van der Waals surface area (Å²) in [6.07, 6.45) is 0. The van der Waals surface area contributed by atoms with Crippen LogP contribution in [0.15, 0.2) is 88.7 Å². The van der Waals surface area contributed by atoms with Crippen molar-refractivity contribution in [3.8, 4) is 0 Å². The van der Waals surface area contributed by atoms with Crippen LogP contribution in [0.25, 0.3) is 0 Å². The smallest absolute Gasteiger partial charge is 0.0757 e. The van der Waals surface area contributed by atoms with E-state index >= 15 is 0 Å². The first-order valence-electron chi connectivity index (χ1n) is 8.01. The highest BCUT2D eigenvalue weighted by Crippen LogP contribution is 2.43. The Labute approximate surface area is 156 Å². The molecule has 7 rings (SSSR count). The maximum atomic E-state index is 2.27. The zero-order chi connectivity index (χ0) is 16.2. The Balaban J connectivity index is 1.66. The Hall–Kier alpha value is -1.29. The monoisotopic (exact) mass is 366 g/mol. The molecule has 0 unspecified atom stereocenters. The molecule has 0 radical (unpaired) electrons. The molecule has 0 aromatic heterocycles. The van der Waals surface area contributed by atoms with Crippen molar-refractivity contribution in [1.82, 2.24) is 0 Å². The van der Waals surface area contributed by atoms with E-state index in [-0.39, 0.29) is 0 Å². The van der Waals surface area contributed by atoms with E-state index in [0.29, 0.717) is 4.58 Å². The minimum atomic E-state index is 0.461. The molecule has 24 heavy (non-hydrogen) atoms. The molecule has 0 amide bonds. The first kappa shape index (κ1) is 16.2. The molecule has 0 saturated carbocycles. The molecule has 3 aromatic carbocycles. The van der Waals surface area contributed by atoms with Gasteiger partial charge in [-0.1, -0.05) is 66.4 Å². The van der Waals surface area contributed by atoms with Crippen LogP contribution in [-0.2, 0) is 11.5 Å². The van der Waals surface area contributed by atoms with E-state index in [0.717, 1.165) is 11.5 Å². The molecule has 0 atom stereocenters. The van der Waals surface area contributed by atoms with Gasteiger partial charge in [-0.2, -0.15) is 0 Å². The molecule has 3 aromatic rings. The molecule has 0 spiro atoms. The molecule has 4 aliphatic heterocycles. The highest BCUT2D eigenvalue weighted by atomic mass is 32.2. The molecule has 4 heterocycles. The van der Waals surface area contributed by atoms with Crippen molar-refractivity contribution in [2.45, 2.75) is 25.9 Å². The summed E-state index contributed by atoms with van der Waals surface area (Å²) in [5.74, 6) is 2.10. The highest BCUT2D eigenvalue weighted by Gasteiger charge is 2.14. The van der Waals surface area contributed by atoms with E-state index in [1.54, 1.807) is 0 Å². The summed E-state index contributed by atoms with van der Waals surface area (Å²) in [7, 11) is 0. The van der Waals surface area contributed by atoms with Gasteiger partial charge in [-0.05, 0) is 41.0 Å². The third-order valence-corrected chi connectivity index (χ3v) is 7.94. The third-order valence-electron chi connectivity index (χ3n) is 3.96.